The first kappa shape index (κ1) is 11.6. The van der Waals surface area contributed by atoms with Crippen LogP contribution in [0.3, 0.4) is 0 Å². The highest BCUT2D eigenvalue weighted by Gasteiger charge is 2.09. The fraction of sp³-hybridized carbons (Fsp3) is 0.0769. The molecular formula is C13H8I2N2. The predicted octanol–water partition coefficient (Wildman–Crippen LogP) is 4.30. The molecule has 0 spiro atoms. The second-order valence-corrected chi connectivity index (χ2v) is 6.01. The third-order valence-electron chi connectivity index (χ3n) is 2.82. The van der Waals surface area contributed by atoms with Crippen molar-refractivity contribution in [1.82, 2.24) is 9.97 Å². The molecule has 3 rings (SSSR count). The minimum atomic E-state index is 0.805. The molecule has 3 aromatic rings. The van der Waals surface area contributed by atoms with Crippen molar-refractivity contribution in [2.75, 3.05) is 0 Å². The van der Waals surface area contributed by atoms with Crippen molar-refractivity contribution in [3.63, 3.8) is 0 Å². The summed E-state index contributed by atoms with van der Waals surface area (Å²) in [6.45, 7) is 2.04. The van der Waals surface area contributed by atoms with E-state index in [1.807, 2.05) is 6.92 Å². The Balaban J connectivity index is 2.63. The molecule has 1 heterocycles. The topological polar surface area (TPSA) is 25.8 Å². The van der Waals surface area contributed by atoms with E-state index in [0.717, 1.165) is 20.4 Å². The van der Waals surface area contributed by atoms with Crippen LogP contribution in [0.5, 0.6) is 0 Å². The third kappa shape index (κ3) is 1.91. The lowest BCUT2D eigenvalue weighted by Crippen LogP contribution is -1.95. The van der Waals surface area contributed by atoms with E-state index in [9.17, 15) is 0 Å². The zero-order chi connectivity index (χ0) is 12.0. The first-order valence-electron chi connectivity index (χ1n) is 5.18. The summed E-state index contributed by atoms with van der Waals surface area (Å²) in [5, 5.41) is 3.61. The van der Waals surface area contributed by atoms with Crippen LogP contribution in [0.1, 0.15) is 5.69 Å². The van der Waals surface area contributed by atoms with Crippen LogP contribution < -0.4 is 0 Å². The predicted molar refractivity (Wildman–Crippen MR) is 87.2 cm³/mol. The van der Waals surface area contributed by atoms with Crippen LogP contribution in [0.4, 0.5) is 0 Å². The summed E-state index contributed by atoms with van der Waals surface area (Å²) < 4.78 is 2.05. The van der Waals surface area contributed by atoms with Crippen molar-refractivity contribution in [2.45, 2.75) is 6.92 Å². The second kappa shape index (κ2) is 4.31. The third-order valence-corrected chi connectivity index (χ3v) is 4.19. The Kier molecular flexibility index (Phi) is 2.94. The molecule has 0 saturated heterocycles. The Morgan fingerprint density at radius 2 is 1.65 bits per heavy atom. The van der Waals surface area contributed by atoms with Gasteiger partial charge < -0.3 is 0 Å². The second-order valence-electron chi connectivity index (χ2n) is 3.88. The molecule has 17 heavy (non-hydrogen) atoms. The zero-order valence-electron chi connectivity index (χ0n) is 9.04. The minimum absolute atomic E-state index is 0.805. The number of benzene rings is 2. The van der Waals surface area contributed by atoms with Gasteiger partial charge in [0.25, 0.3) is 0 Å². The molecular weight excluding hydrogens is 438 g/mol. The van der Waals surface area contributed by atoms with Gasteiger partial charge in [-0.3, -0.25) is 0 Å². The Labute approximate surface area is 126 Å². The lowest BCUT2D eigenvalue weighted by molar-refractivity contribution is 1.10. The standard InChI is InChI=1S/C13H8I2N2/c1-7-10-6-11(14)8-4-2-3-5-9(8)12(10)17-13(15)16-7/h2-6H,1H3. The smallest absolute Gasteiger partial charge is 0.191 e. The number of hydrogen-bond acceptors (Lipinski definition) is 2. The molecule has 0 aliphatic heterocycles. The molecule has 2 aromatic carbocycles. The Morgan fingerprint density at radius 3 is 2.41 bits per heavy atom. The Hall–Kier alpha value is -0.500. The van der Waals surface area contributed by atoms with Gasteiger partial charge in [-0.2, -0.15) is 0 Å². The molecule has 0 bridgehead atoms. The van der Waals surface area contributed by atoms with Crippen molar-refractivity contribution < 1.29 is 0 Å². The quantitative estimate of drug-likeness (QED) is 0.293. The summed E-state index contributed by atoms with van der Waals surface area (Å²) in [7, 11) is 0. The molecule has 1 aromatic heterocycles. The normalized spacial score (nSPS) is 11.2. The highest BCUT2D eigenvalue weighted by atomic mass is 127. The van der Waals surface area contributed by atoms with Gasteiger partial charge in [-0.15, -0.1) is 0 Å². The largest absolute Gasteiger partial charge is 0.228 e. The monoisotopic (exact) mass is 446 g/mol. The molecule has 0 amide bonds. The summed E-state index contributed by atoms with van der Waals surface area (Å²) in [4.78, 5) is 9.00. The maximum atomic E-state index is 4.58. The van der Waals surface area contributed by atoms with Crippen molar-refractivity contribution >= 4 is 66.9 Å². The summed E-state index contributed by atoms with van der Waals surface area (Å²) >= 11 is 4.54. The molecule has 0 N–H and O–H groups in total. The molecule has 2 nitrogen and oxygen atoms in total. The highest BCUT2D eigenvalue weighted by Crippen LogP contribution is 2.29. The summed E-state index contributed by atoms with van der Waals surface area (Å²) in [5.74, 6) is 0. The van der Waals surface area contributed by atoms with E-state index in [1.165, 1.54) is 14.3 Å². The van der Waals surface area contributed by atoms with Gasteiger partial charge in [0.2, 0.25) is 0 Å². The van der Waals surface area contributed by atoms with Crippen LogP contribution in [0, 0.1) is 14.3 Å². The van der Waals surface area contributed by atoms with E-state index in [-0.39, 0.29) is 0 Å². The number of hydrogen-bond donors (Lipinski definition) is 0. The maximum absolute atomic E-state index is 4.58. The molecule has 0 fully saturated rings. The molecule has 84 valence electrons. The first-order chi connectivity index (χ1) is 8.16. The minimum Gasteiger partial charge on any atom is -0.228 e. The van der Waals surface area contributed by atoms with E-state index in [1.54, 1.807) is 0 Å². The van der Waals surface area contributed by atoms with Crippen LogP contribution in [0.2, 0.25) is 0 Å². The first-order valence-corrected chi connectivity index (χ1v) is 7.33. The molecule has 0 atom stereocenters. The van der Waals surface area contributed by atoms with Gasteiger partial charge in [0, 0.05) is 42.6 Å². The van der Waals surface area contributed by atoms with Crippen molar-refractivity contribution in [3.05, 3.63) is 43.4 Å². The Bertz CT molecular complexity index is 738. The number of aromatic nitrogens is 2. The lowest BCUT2D eigenvalue weighted by Gasteiger charge is -2.07. The molecule has 4 heteroatoms. The molecule has 0 saturated carbocycles. The number of halogens is 2. The summed E-state index contributed by atoms with van der Waals surface area (Å²) in [6, 6.07) is 10.6. The van der Waals surface area contributed by atoms with Crippen LogP contribution in [0.15, 0.2) is 30.3 Å². The van der Waals surface area contributed by atoms with Crippen LogP contribution >= 0.6 is 45.2 Å². The number of nitrogens with zero attached hydrogens (tertiary/aromatic N) is 2. The number of fused-ring (bicyclic) bond motifs is 3. The SMILES string of the molecule is Cc1nc(I)nc2c1cc(I)c1ccccc12. The number of rotatable bonds is 0. The van der Waals surface area contributed by atoms with Gasteiger partial charge in [-0.05, 0) is 41.0 Å². The average Bonchev–Trinajstić information content (AvgIpc) is 2.31. The van der Waals surface area contributed by atoms with Crippen LogP contribution in [-0.2, 0) is 0 Å². The van der Waals surface area contributed by atoms with Gasteiger partial charge in [-0.1, -0.05) is 24.3 Å². The van der Waals surface area contributed by atoms with E-state index in [0.29, 0.717) is 0 Å². The fourth-order valence-corrected chi connectivity index (χ4v) is 3.41. The maximum Gasteiger partial charge on any atom is 0.191 e. The van der Waals surface area contributed by atoms with Crippen molar-refractivity contribution in [3.8, 4) is 0 Å². The van der Waals surface area contributed by atoms with Crippen molar-refractivity contribution in [2.24, 2.45) is 0 Å². The molecule has 0 unspecified atom stereocenters. The van der Waals surface area contributed by atoms with Crippen molar-refractivity contribution in [1.29, 1.82) is 0 Å². The fourth-order valence-electron chi connectivity index (χ4n) is 2.03. The van der Waals surface area contributed by atoms with Gasteiger partial charge >= 0.3 is 0 Å². The highest BCUT2D eigenvalue weighted by molar-refractivity contribution is 14.1. The summed E-state index contributed by atoms with van der Waals surface area (Å²) in [6.07, 6.45) is 0. The lowest BCUT2D eigenvalue weighted by atomic mass is 10.1. The van der Waals surface area contributed by atoms with Crippen LogP contribution in [-0.4, -0.2) is 9.97 Å². The van der Waals surface area contributed by atoms with E-state index in [2.05, 4.69) is 85.5 Å². The van der Waals surface area contributed by atoms with Crippen LogP contribution in [0.25, 0.3) is 21.7 Å². The number of aryl methyl sites for hydroxylation is 1. The van der Waals surface area contributed by atoms with Gasteiger partial charge in [0.05, 0.1) is 5.52 Å². The summed E-state index contributed by atoms with van der Waals surface area (Å²) in [5.41, 5.74) is 2.10. The molecule has 0 aliphatic carbocycles. The average molecular weight is 446 g/mol. The molecule has 0 radical (unpaired) electrons. The van der Waals surface area contributed by atoms with E-state index in [4.69, 9.17) is 0 Å². The molecule has 0 aliphatic rings. The van der Waals surface area contributed by atoms with E-state index < -0.39 is 0 Å². The van der Waals surface area contributed by atoms with E-state index >= 15 is 0 Å². The van der Waals surface area contributed by atoms with Gasteiger partial charge in [0.15, 0.2) is 3.83 Å². The zero-order valence-corrected chi connectivity index (χ0v) is 13.4. The van der Waals surface area contributed by atoms with Gasteiger partial charge in [-0.25, -0.2) is 9.97 Å². The van der Waals surface area contributed by atoms with Gasteiger partial charge in [0.1, 0.15) is 0 Å². The Morgan fingerprint density at radius 1 is 0.941 bits per heavy atom.